The first-order valence-corrected chi connectivity index (χ1v) is 10.3. The summed E-state index contributed by atoms with van der Waals surface area (Å²) < 4.78 is 1.26. The molecule has 29 heavy (non-hydrogen) atoms. The topological polar surface area (TPSA) is 121 Å². The number of hydrogen-bond donors (Lipinski definition) is 6. The van der Waals surface area contributed by atoms with Crippen LogP contribution < -0.4 is 0 Å². The van der Waals surface area contributed by atoms with Crippen LogP contribution in [0.5, 0.6) is 0 Å². The molecule has 9 nitrogen and oxygen atoms in total. The van der Waals surface area contributed by atoms with Crippen LogP contribution in [0.25, 0.3) is 0 Å². The molecular formula is C20H44N3O6+3. The molecule has 0 aliphatic carbocycles. The second-order valence-corrected chi connectivity index (χ2v) is 8.24. The van der Waals surface area contributed by atoms with Crippen molar-refractivity contribution in [1.29, 1.82) is 0 Å². The molecule has 0 amide bonds. The van der Waals surface area contributed by atoms with E-state index in [-0.39, 0.29) is 44.2 Å². The zero-order valence-corrected chi connectivity index (χ0v) is 18.2. The van der Waals surface area contributed by atoms with Crippen molar-refractivity contribution in [3.63, 3.8) is 0 Å². The van der Waals surface area contributed by atoms with Crippen LogP contribution in [0, 0.1) is 0 Å². The van der Waals surface area contributed by atoms with Gasteiger partial charge in [-0.1, -0.05) is 0 Å². The number of quaternary nitrogens is 3. The van der Waals surface area contributed by atoms with Crippen LogP contribution in [-0.4, -0.2) is 150 Å². The van der Waals surface area contributed by atoms with Crippen molar-refractivity contribution in [1.82, 2.24) is 0 Å². The molecule has 172 valence electrons. The second kappa shape index (κ2) is 15.0. The van der Waals surface area contributed by atoms with E-state index in [0.717, 1.165) is 6.54 Å². The van der Waals surface area contributed by atoms with E-state index in [2.05, 4.69) is 6.08 Å². The van der Waals surface area contributed by atoms with Crippen LogP contribution in [0.2, 0.25) is 0 Å². The Hall–Kier alpha value is -0.880. The molecule has 0 aromatic rings. The number of aliphatic hydroxyl groups excluding tert-OH is 6. The number of hydrogen-bond acceptors (Lipinski definition) is 6. The Balaban J connectivity index is 4.88. The predicted molar refractivity (Wildman–Crippen MR) is 112 cm³/mol. The Morgan fingerprint density at radius 2 is 0.897 bits per heavy atom. The molecule has 6 N–H and O–H groups in total. The summed E-state index contributed by atoms with van der Waals surface area (Å²) in [5, 5.41) is 56.2. The minimum absolute atomic E-state index is 0.00463. The van der Waals surface area contributed by atoms with E-state index in [4.69, 9.17) is 0 Å². The Morgan fingerprint density at radius 1 is 0.517 bits per heavy atom. The molecule has 0 rings (SSSR count). The molecule has 0 radical (unpaired) electrons. The van der Waals surface area contributed by atoms with Crippen LogP contribution in [0.15, 0.2) is 24.4 Å². The maximum atomic E-state index is 9.69. The van der Waals surface area contributed by atoms with Crippen LogP contribution in [-0.2, 0) is 0 Å². The van der Waals surface area contributed by atoms with E-state index in [0.29, 0.717) is 54.8 Å². The van der Waals surface area contributed by atoms with E-state index >= 15 is 0 Å². The van der Waals surface area contributed by atoms with Crippen molar-refractivity contribution < 1.29 is 44.1 Å². The lowest BCUT2D eigenvalue weighted by Crippen LogP contribution is -2.53. The molecule has 0 unspecified atom stereocenters. The molecule has 9 heteroatoms. The predicted octanol–water partition coefficient (Wildman–Crippen LogP) is -2.32. The Labute approximate surface area is 175 Å². The van der Waals surface area contributed by atoms with Gasteiger partial charge in [0.1, 0.15) is 45.8 Å². The van der Waals surface area contributed by atoms with Gasteiger partial charge in [-0.3, -0.25) is 8.97 Å². The smallest absolute Gasteiger partial charge is 0.180 e. The molecule has 0 spiro atoms. The lowest BCUT2D eigenvalue weighted by Gasteiger charge is -2.36. The zero-order chi connectivity index (χ0) is 22.2. The highest BCUT2D eigenvalue weighted by molar-refractivity contribution is 4.84. The van der Waals surface area contributed by atoms with Crippen molar-refractivity contribution >= 4 is 0 Å². The SMILES string of the molecule is C[N+](C)(C=CC[N+](CO)(CCO)CCO)CC=CC[N+](CCO)(CCO)CCO. The third-order valence-corrected chi connectivity index (χ3v) is 5.41. The molecule has 0 saturated carbocycles. The standard InChI is InChI=1S/C20H44N3O6/c1-21(2,7-5-9-23(20-29,13-18-27)14-19-28)6-3-4-8-22(10-15-24,11-16-25)12-17-26/h3-5,7,24-29H,6,8-20H2,1-2H3/q+3. The van der Waals surface area contributed by atoms with E-state index in [1.165, 1.54) is 0 Å². The van der Waals surface area contributed by atoms with Gasteiger partial charge in [0, 0.05) is 6.08 Å². The van der Waals surface area contributed by atoms with E-state index in [1.807, 2.05) is 32.4 Å². The summed E-state index contributed by atoms with van der Waals surface area (Å²) in [6.45, 7) is 3.88. The largest absolute Gasteiger partial charge is 0.391 e. The summed E-state index contributed by atoms with van der Waals surface area (Å²) in [6, 6.07) is 0. The minimum atomic E-state index is -0.140. The summed E-state index contributed by atoms with van der Waals surface area (Å²) in [5.41, 5.74) is 0. The van der Waals surface area contributed by atoms with Gasteiger partial charge in [-0.15, -0.1) is 0 Å². The lowest BCUT2D eigenvalue weighted by molar-refractivity contribution is -0.941. The molecule has 0 aliphatic heterocycles. The summed E-state index contributed by atoms with van der Waals surface area (Å²) in [4.78, 5) is 0. The molecule has 0 fully saturated rings. The number of likely N-dealkylation sites (N-methyl/N-ethyl adjacent to an activating group) is 1. The Morgan fingerprint density at radius 3 is 1.31 bits per heavy atom. The van der Waals surface area contributed by atoms with Crippen molar-refractivity contribution in [2.75, 3.05) is 106 Å². The van der Waals surface area contributed by atoms with E-state index < -0.39 is 0 Å². The van der Waals surface area contributed by atoms with Gasteiger partial charge in [-0.2, -0.15) is 0 Å². The first-order chi connectivity index (χ1) is 13.8. The average Bonchev–Trinajstić information content (AvgIpc) is 2.66. The quantitative estimate of drug-likeness (QED) is 0.0838. The highest BCUT2D eigenvalue weighted by atomic mass is 16.3. The Kier molecular flexibility index (Phi) is 14.5. The maximum absolute atomic E-state index is 9.69. The summed E-state index contributed by atoms with van der Waals surface area (Å²) >= 11 is 0. The van der Waals surface area contributed by atoms with Gasteiger partial charge in [0.05, 0.1) is 59.9 Å². The van der Waals surface area contributed by atoms with Gasteiger partial charge in [0.2, 0.25) is 0 Å². The lowest BCUT2D eigenvalue weighted by atomic mass is 10.3. The third-order valence-electron chi connectivity index (χ3n) is 5.41. The summed E-state index contributed by atoms with van der Waals surface area (Å²) in [7, 11) is 4.09. The first kappa shape index (κ1) is 28.1. The zero-order valence-electron chi connectivity index (χ0n) is 18.2. The summed E-state index contributed by atoms with van der Waals surface area (Å²) in [6.07, 6.45) is 8.08. The highest BCUT2D eigenvalue weighted by Crippen LogP contribution is 2.09. The van der Waals surface area contributed by atoms with Crippen molar-refractivity contribution in [2.24, 2.45) is 0 Å². The molecule has 0 bridgehead atoms. The normalized spacial score (nSPS) is 13.8. The molecule has 0 aromatic carbocycles. The average molecular weight is 423 g/mol. The molecular weight excluding hydrogens is 378 g/mol. The Bertz CT molecular complexity index is 448. The maximum Gasteiger partial charge on any atom is 0.180 e. The first-order valence-electron chi connectivity index (χ1n) is 10.3. The van der Waals surface area contributed by atoms with Gasteiger partial charge < -0.3 is 35.1 Å². The number of nitrogens with zero attached hydrogens (tertiary/aromatic N) is 3. The van der Waals surface area contributed by atoms with Crippen molar-refractivity contribution in [2.45, 2.75) is 0 Å². The van der Waals surface area contributed by atoms with Crippen LogP contribution >= 0.6 is 0 Å². The fourth-order valence-corrected chi connectivity index (χ4v) is 3.42. The van der Waals surface area contributed by atoms with E-state index in [1.54, 1.807) is 0 Å². The van der Waals surface area contributed by atoms with Crippen molar-refractivity contribution in [3.8, 4) is 0 Å². The van der Waals surface area contributed by atoms with Crippen LogP contribution in [0.4, 0.5) is 0 Å². The minimum Gasteiger partial charge on any atom is -0.391 e. The molecule has 0 atom stereocenters. The van der Waals surface area contributed by atoms with Crippen LogP contribution in [0.3, 0.4) is 0 Å². The molecule has 0 aliphatic rings. The number of rotatable bonds is 18. The fourth-order valence-electron chi connectivity index (χ4n) is 3.42. The molecule has 0 saturated heterocycles. The second-order valence-electron chi connectivity index (χ2n) is 8.24. The van der Waals surface area contributed by atoms with Gasteiger partial charge in [0.15, 0.2) is 6.73 Å². The van der Waals surface area contributed by atoms with Crippen molar-refractivity contribution in [3.05, 3.63) is 24.4 Å². The van der Waals surface area contributed by atoms with Gasteiger partial charge in [-0.25, -0.2) is 0 Å². The summed E-state index contributed by atoms with van der Waals surface area (Å²) in [5.74, 6) is 0. The highest BCUT2D eigenvalue weighted by Gasteiger charge is 2.25. The molecule has 0 heterocycles. The third kappa shape index (κ3) is 11.2. The van der Waals surface area contributed by atoms with Gasteiger partial charge in [0.25, 0.3) is 0 Å². The van der Waals surface area contributed by atoms with Gasteiger partial charge in [-0.05, 0) is 12.2 Å². The molecule has 0 aromatic heterocycles. The van der Waals surface area contributed by atoms with Gasteiger partial charge >= 0.3 is 0 Å². The fraction of sp³-hybridized carbons (Fsp3) is 0.800. The van der Waals surface area contributed by atoms with E-state index in [9.17, 15) is 30.6 Å². The van der Waals surface area contributed by atoms with Crippen LogP contribution in [0.1, 0.15) is 0 Å². The monoisotopic (exact) mass is 422 g/mol. The number of aliphatic hydroxyl groups is 6.